The molecule has 1 atom stereocenters. The van der Waals surface area contributed by atoms with Crippen LogP contribution in [0, 0.1) is 6.92 Å². The lowest BCUT2D eigenvalue weighted by molar-refractivity contribution is 0.0827. The van der Waals surface area contributed by atoms with Crippen molar-refractivity contribution in [1.29, 1.82) is 0 Å². The Labute approximate surface area is 126 Å². The van der Waals surface area contributed by atoms with E-state index >= 15 is 0 Å². The summed E-state index contributed by atoms with van der Waals surface area (Å²) < 4.78 is 0. The van der Waals surface area contributed by atoms with Crippen LogP contribution in [0.25, 0.3) is 0 Å². The van der Waals surface area contributed by atoms with E-state index in [-0.39, 0.29) is 11.9 Å². The van der Waals surface area contributed by atoms with Crippen LogP contribution in [0.2, 0.25) is 0 Å². The molecule has 2 aromatic rings. The Hall–Kier alpha value is -2.29. The fraction of sp³-hybridized carbons (Fsp3) is 0.278. The number of nitrogens with zero attached hydrogens (tertiary/aromatic N) is 1. The average Bonchev–Trinajstić information content (AvgIpc) is 2.47. The minimum absolute atomic E-state index is 0.0214. The highest BCUT2D eigenvalue weighted by atomic mass is 16.2. The van der Waals surface area contributed by atoms with Crippen LogP contribution in [0.5, 0.6) is 0 Å². The van der Waals surface area contributed by atoms with Crippen LogP contribution in [0.3, 0.4) is 0 Å². The van der Waals surface area contributed by atoms with Gasteiger partial charge in [0.2, 0.25) is 0 Å². The van der Waals surface area contributed by atoms with E-state index in [2.05, 4.69) is 43.4 Å². The number of amides is 1. The highest BCUT2D eigenvalue weighted by Gasteiger charge is 2.08. The molecule has 3 nitrogen and oxygen atoms in total. The summed E-state index contributed by atoms with van der Waals surface area (Å²) in [6.45, 7) is 4.21. The van der Waals surface area contributed by atoms with E-state index in [0.717, 1.165) is 5.69 Å². The summed E-state index contributed by atoms with van der Waals surface area (Å²) in [5.74, 6) is 0.0214. The van der Waals surface area contributed by atoms with Gasteiger partial charge in [-0.1, -0.05) is 29.8 Å². The van der Waals surface area contributed by atoms with Crippen LogP contribution in [0.4, 0.5) is 5.69 Å². The molecular formula is C18H22N2O. The summed E-state index contributed by atoms with van der Waals surface area (Å²) in [6.07, 6.45) is 0. The largest absolute Gasteiger partial charge is 0.379 e. The first kappa shape index (κ1) is 15.1. The lowest BCUT2D eigenvalue weighted by Gasteiger charge is -2.16. The molecule has 1 unspecified atom stereocenters. The van der Waals surface area contributed by atoms with Crippen molar-refractivity contribution in [1.82, 2.24) is 4.90 Å². The normalized spacial score (nSPS) is 11.8. The molecular weight excluding hydrogens is 260 g/mol. The lowest BCUT2D eigenvalue weighted by atomic mass is 10.1. The summed E-state index contributed by atoms with van der Waals surface area (Å²) in [6, 6.07) is 16.3. The van der Waals surface area contributed by atoms with Crippen molar-refractivity contribution in [2.45, 2.75) is 19.9 Å². The lowest BCUT2D eigenvalue weighted by Crippen LogP contribution is -2.21. The van der Waals surface area contributed by atoms with Gasteiger partial charge in [-0.25, -0.2) is 0 Å². The summed E-state index contributed by atoms with van der Waals surface area (Å²) >= 11 is 0. The number of carbonyl (C=O) groups is 1. The maximum atomic E-state index is 11.8. The third-order valence-electron chi connectivity index (χ3n) is 3.50. The van der Waals surface area contributed by atoms with E-state index in [1.165, 1.54) is 11.1 Å². The van der Waals surface area contributed by atoms with Crippen molar-refractivity contribution in [2.75, 3.05) is 19.4 Å². The molecule has 0 aliphatic heterocycles. The number of benzene rings is 2. The Balaban J connectivity index is 2.06. The fourth-order valence-electron chi connectivity index (χ4n) is 2.16. The van der Waals surface area contributed by atoms with Crippen molar-refractivity contribution >= 4 is 11.6 Å². The Morgan fingerprint density at radius 2 is 1.57 bits per heavy atom. The van der Waals surface area contributed by atoms with E-state index in [4.69, 9.17) is 0 Å². The molecule has 21 heavy (non-hydrogen) atoms. The fourth-order valence-corrected chi connectivity index (χ4v) is 2.16. The predicted molar refractivity (Wildman–Crippen MR) is 87.7 cm³/mol. The van der Waals surface area contributed by atoms with E-state index < -0.39 is 0 Å². The van der Waals surface area contributed by atoms with Crippen molar-refractivity contribution in [3.8, 4) is 0 Å². The molecule has 1 N–H and O–H groups in total. The van der Waals surface area contributed by atoms with Crippen LogP contribution < -0.4 is 5.32 Å². The van der Waals surface area contributed by atoms with Crippen LogP contribution in [0.1, 0.15) is 34.5 Å². The summed E-state index contributed by atoms with van der Waals surface area (Å²) in [4.78, 5) is 13.4. The number of hydrogen-bond acceptors (Lipinski definition) is 2. The first-order valence-corrected chi connectivity index (χ1v) is 7.12. The van der Waals surface area contributed by atoms with Crippen LogP contribution >= 0.6 is 0 Å². The van der Waals surface area contributed by atoms with Gasteiger partial charge in [0, 0.05) is 31.4 Å². The SMILES string of the molecule is Cc1ccc(C(C)Nc2ccc(C(=O)N(C)C)cc2)cc1. The molecule has 0 aliphatic carbocycles. The zero-order valence-electron chi connectivity index (χ0n) is 13.1. The molecule has 0 heterocycles. The van der Waals surface area contributed by atoms with Gasteiger partial charge in [0.25, 0.3) is 5.91 Å². The molecule has 0 aromatic heterocycles. The number of carbonyl (C=O) groups excluding carboxylic acids is 1. The molecule has 0 saturated heterocycles. The van der Waals surface area contributed by atoms with E-state index in [0.29, 0.717) is 5.56 Å². The standard InChI is InChI=1S/C18H22N2O/c1-13-5-7-15(8-6-13)14(2)19-17-11-9-16(10-12-17)18(21)20(3)4/h5-12,14,19H,1-4H3. The van der Waals surface area contributed by atoms with E-state index in [9.17, 15) is 4.79 Å². The Morgan fingerprint density at radius 1 is 1.00 bits per heavy atom. The summed E-state index contributed by atoms with van der Waals surface area (Å²) in [5.41, 5.74) is 4.22. The molecule has 0 radical (unpaired) electrons. The molecule has 0 saturated carbocycles. The molecule has 0 bridgehead atoms. The van der Waals surface area contributed by atoms with Gasteiger partial charge in [-0.05, 0) is 43.7 Å². The van der Waals surface area contributed by atoms with E-state index in [1.54, 1.807) is 19.0 Å². The quantitative estimate of drug-likeness (QED) is 0.923. The van der Waals surface area contributed by atoms with Crippen LogP contribution in [-0.2, 0) is 0 Å². The Bertz CT molecular complexity index is 600. The van der Waals surface area contributed by atoms with Crippen molar-refractivity contribution < 1.29 is 4.79 Å². The second kappa shape index (κ2) is 6.44. The van der Waals surface area contributed by atoms with Gasteiger partial charge in [0.1, 0.15) is 0 Å². The first-order valence-electron chi connectivity index (χ1n) is 7.12. The van der Waals surface area contributed by atoms with Gasteiger partial charge < -0.3 is 10.2 Å². The number of rotatable bonds is 4. The number of anilines is 1. The molecule has 110 valence electrons. The van der Waals surface area contributed by atoms with Crippen LogP contribution in [-0.4, -0.2) is 24.9 Å². The van der Waals surface area contributed by atoms with E-state index in [1.807, 2.05) is 24.3 Å². The van der Waals surface area contributed by atoms with Gasteiger partial charge >= 0.3 is 0 Å². The van der Waals surface area contributed by atoms with Gasteiger partial charge in [-0.15, -0.1) is 0 Å². The van der Waals surface area contributed by atoms with Crippen molar-refractivity contribution in [3.05, 3.63) is 65.2 Å². The van der Waals surface area contributed by atoms with Crippen LogP contribution in [0.15, 0.2) is 48.5 Å². The van der Waals surface area contributed by atoms with Gasteiger partial charge in [0.05, 0.1) is 0 Å². The number of aryl methyl sites for hydroxylation is 1. The second-order valence-electron chi connectivity index (χ2n) is 5.55. The highest BCUT2D eigenvalue weighted by Crippen LogP contribution is 2.20. The maximum absolute atomic E-state index is 11.8. The summed E-state index contributed by atoms with van der Waals surface area (Å²) in [5, 5.41) is 3.45. The third kappa shape index (κ3) is 3.85. The smallest absolute Gasteiger partial charge is 0.253 e. The monoisotopic (exact) mass is 282 g/mol. The minimum atomic E-state index is 0.0214. The maximum Gasteiger partial charge on any atom is 0.253 e. The summed E-state index contributed by atoms with van der Waals surface area (Å²) in [7, 11) is 3.52. The Kier molecular flexibility index (Phi) is 4.63. The molecule has 3 heteroatoms. The first-order chi connectivity index (χ1) is 9.97. The molecule has 0 spiro atoms. The topological polar surface area (TPSA) is 32.3 Å². The number of hydrogen-bond donors (Lipinski definition) is 1. The zero-order chi connectivity index (χ0) is 15.4. The molecule has 1 amide bonds. The molecule has 2 aromatic carbocycles. The van der Waals surface area contributed by atoms with Crippen molar-refractivity contribution in [2.24, 2.45) is 0 Å². The molecule has 0 fully saturated rings. The average molecular weight is 282 g/mol. The second-order valence-corrected chi connectivity index (χ2v) is 5.55. The molecule has 2 rings (SSSR count). The van der Waals surface area contributed by atoms with Gasteiger partial charge in [-0.3, -0.25) is 4.79 Å². The highest BCUT2D eigenvalue weighted by molar-refractivity contribution is 5.94. The third-order valence-corrected chi connectivity index (χ3v) is 3.50. The Morgan fingerprint density at radius 3 is 2.10 bits per heavy atom. The predicted octanol–water partition coefficient (Wildman–Crippen LogP) is 3.87. The van der Waals surface area contributed by atoms with Gasteiger partial charge in [-0.2, -0.15) is 0 Å². The zero-order valence-corrected chi connectivity index (χ0v) is 13.1. The number of nitrogens with one attached hydrogen (secondary N) is 1. The van der Waals surface area contributed by atoms with Crippen molar-refractivity contribution in [3.63, 3.8) is 0 Å². The minimum Gasteiger partial charge on any atom is -0.379 e. The van der Waals surface area contributed by atoms with Gasteiger partial charge in [0.15, 0.2) is 0 Å². The molecule has 0 aliphatic rings.